The summed E-state index contributed by atoms with van der Waals surface area (Å²) in [6.07, 6.45) is 11.1. The zero-order valence-electron chi connectivity index (χ0n) is 12.6. The Labute approximate surface area is 117 Å². The predicted octanol–water partition coefficient (Wildman–Crippen LogP) is 4.53. The second-order valence-corrected chi connectivity index (χ2v) is 6.02. The largest absolute Gasteiger partial charge is 0.388 e. The van der Waals surface area contributed by atoms with Crippen molar-refractivity contribution in [3.63, 3.8) is 0 Å². The lowest BCUT2D eigenvalue weighted by Gasteiger charge is -2.20. The van der Waals surface area contributed by atoms with Crippen molar-refractivity contribution in [2.24, 2.45) is 0 Å². The first kappa shape index (κ1) is 14.6. The Balaban J connectivity index is 1.86. The Bertz CT molecular complexity index is 394. The lowest BCUT2D eigenvalue weighted by atomic mass is 9.95. The average Bonchev–Trinajstić information content (AvgIpc) is 2.72. The molecule has 1 heterocycles. The Hall–Kier alpha value is -0.760. The Kier molecular flexibility index (Phi) is 5.50. The molecule has 1 atom stereocenters. The number of fused-ring (bicyclic) bond motifs is 1. The number of hydrogen-bond acceptors (Lipinski definition) is 1. The summed E-state index contributed by atoms with van der Waals surface area (Å²) >= 11 is 0. The molecule has 19 heavy (non-hydrogen) atoms. The van der Waals surface area contributed by atoms with E-state index in [1.807, 2.05) is 0 Å². The molecule has 0 radical (unpaired) electrons. The fourth-order valence-electron chi connectivity index (χ4n) is 3.30. The monoisotopic (exact) mass is 263 g/mol. The Morgan fingerprint density at radius 2 is 1.95 bits per heavy atom. The number of aliphatic hydroxyl groups is 1. The number of aryl methyl sites for hydroxylation is 1. The van der Waals surface area contributed by atoms with Gasteiger partial charge in [0.05, 0.1) is 6.10 Å². The number of hydrogen-bond donors (Lipinski definition) is 1. The Morgan fingerprint density at radius 3 is 2.74 bits per heavy atom. The van der Waals surface area contributed by atoms with E-state index in [1.165, 1.54) is 55.5 Å². The molecule has 1 unspecified atom stereocenters. The second-order valence-electron chi connectivity index (χ2n) is 6.02. The van der Waals surface area contributed by atoms with E-state index in [0.29, 0.717) is 0 Å². The van der Waals surface area contributed by atoms with Gasteiger partial charge in [-0.2, -0.15) is 0 Å². The molecule has 0 saturated carbocycles. The zero-order chi connectivity index (χ0) is 13.7. The highest BCUT2D eigenvalue weighted by Gasteiger charge is 2.22. The van der Waals surface area contributed by atoms with E-state index in [1.54, 1.807) is 0 Å². The first-order valence-corrected chi connectivity index (χ1v) is 8.11. The van der Waals surface area contributed by atoms with Gasteiger partial charge >= 0.3 is 0 Å². The van der Waals surface area contributed by atoms with Crippen LogP contribution in [0.15, 0.2) is 6.07 Å². The maximum atomic E-state index is 10.1. The van der Waals surface area contributed by atoms with Gasteiger partial charge < -0.3 is 9.67 Å². The molecule has 0 fully saturated rings. The van der Waals surface area contributed by atoms with Crippen LogP contribution in [0.4, 0.5) is 0 Å². The molecule has 1 aromatic rings. The summed E-state index contributed by atoms with van der Waals surface area (Å²) in [7, 11) is 0. The van der Waals surface area contributed by atoms with Gasteiger partial charge in [-0.3, -0.25) is 0 Å². The van der Waals surface area contributed by atoms with Crippen molar-refractivity contribution in [1.29, 1.82) is 0 Å². The SMILES string of the molecule is CCCCCCCCn1c(C)cc2c1CCCC2O. The van der Waals surface area contributed by atoms with Gasteiger partial charge in [-0.1, -0.05) is 39.0 Å². The molecule has 0 bridgehead atoms. The van der Waals surface area contributed by atoms with Crippen LogP contribution >= 0.6 is 0 Å². The van der Waals surface area contributed by atoms with E-state index in [9.17, 15) is 5.11 Å². The third-order valence-electron chi connectivity index (χ3n) is 4.43. The third-order valence-corrected chi connectivity index (χ3v) is 4.43. The van der Waals surface area contributed by atoms with E-state index >= 15 is 0 Å². The van der Waals surface area contributed by atoms with E-state index in [0.717, 1.165) is 25.8 Å². The molecule has 2 heteroatoms. The van der Waals surface area contributed by atoms with Crippen LogP contribution in [-0.2, 0) is 13.0 Å². The van der Waals surface area contributed by atoms with Crippen LogP contribution in [0.5, 0.6) is 0 Å². The van der Waals surface area contributed by atoms with Crippen molar-refractivity contribution in [2.75, 3.05) is 0 Å². The first-order valence-electron chi connectivity index (χ1n) is 8.11. The molecule has 0 aromatic carbocycles. The molecule has 0 aliphatic heterocycles. The van der Waals surface area contributed by atoms with Crippen molar-refractivity contribution in [3.05, 3.63) is 23.0 Å². The normalized spacial score (nSPS) is 18.6. The molecule has 0 saturated heterocycles. The zero-order valence-corrected chi connectivity index (χ0v) is 12.6. The van der Waals surface area contributed by atoms with Crippen LogP contribution < -0.4 is 0 Å². The average molecular weight is 263 g/mol. The fraction of sp³-hybridized carbons (Fsp3) is 0.765. The highest BCUT2D eigenvalue weighted by atomic mass is 16.3. The third kappa shape index (κ3) is 3.62. The van der Waals surface area contributed by atoms with Crippen LogP contribution in [0.1, 0.15) is 81.3 Å². The molecule has 1 aromatic heterocycles. The van der Waals surface area contributed by atoms with Gasteiger partial charge in [0, 0.05) is 23.5 Å². The minimum atomic E-state index is -0.215. The van der Waals surface area contributed by atoms with E-state index < -0.39 is 0 Å². The van der Waals surface area contributed by atoms with Crippen LogP contribution in [0.3, 0.4) is 0 Å². The summed E-state index contributed by atoms with van der Waals surface area (Å²) in [4.78, 5) is 0. The molecule has 0 amide bonds. The standard InChI is InChI=1S/C17H29NO/c1-3-4-5-6-7-8-12-18-14(2)13-15-16(18)10-9-11-17(15)19/h13,17,19H,3-12H2,1-2H3. The highest BCUT2D eigenvalue weighted by Crippen LogP contribution is 2.32. The first-order chi connectivity index (χ1) is 9.24. The number of rotatable bonds is 7. The van der Waals surface area contributed by atoms with E-state index in [2.05, 4.69) is 24.5 Å². The van der Waals surface area contributed by atoms with Crippen LogP contribution in [-0.4, -0.2) is 9.67 Å². The summed E-state index contributed by atoms with van der Waals surface area (Å²) in [6, 6.07) is 2.20. The summed E-state index contributed by atoms with van der Waals surface area (Å²) in [5.41, 5.74) is 3.94. The number of unbranched alkanes of at least 4 members (excludes halogenated alkanes) is 5. The van der Waals surface area contributed by atoms with Gasteiger partial charge in [0.1, 0.15) is 0 Å². The second kappa shape index (κ2) is 7.14. The minimum Gasteiger partial charge on any atom is -0.388 e. The molecule has 2 nitrogen and oxygen atoms in total. The molecule has 2 rings (SSSR count). The summed E-state index contributed by atoms with van der Waals surface area (Å²) < 4.78 is 2.46. The van der Waals surface area contributed by atoms with Crippen LogP contribution in [0.2, 0.25) is 0 Å². The molecule has 0 spiro atoms. The molecular weight excluding hydrogens is 234 g/mol. The summed E-state index contributed by atoms with van der Waals surface area (Å²) in [6.45, 7) is 5.59. The highest BCUT2D eigenvalue weighted by molar-refractivity contribution is 5.31. The molecule has 108 valence electrons. The van der Waals surface area contributed by atoms with Gasteiger partial charge in [-0.05, 0) is 38.7 Å². The Morgan fingerprint density at radius 1 is 1.21 bits per heavy atom. The smallest absolute Gasteiger partial charge is 0.0807 e. The molecular formula is C17H29NO. The summed E-state index contributed by atoms with van der Waals surface area (Å²) in [5, 5.41) is 10.1. The molecule has 1 aliphatic rings. The lowest BCUT2D eigenvalue weighted by molar-refractivity contribution is 0.155. The van der Waals surface area contributed by atoms with Crippen molar-refractivity contribution < 1.29 is 5.11 Å². The molecule has 1 N–H and O–H groups in total. The van der Waals surface area contributed by atoms with E-state index in [4.69, 9.17) is 0 Å². The minimum absolute atomic E-state index is 0.215. The topological polar surface area (TPSA) is 25.2 Å². The van der Waals surface area contributed by atoms with Crippen molar-refractivity contribution in [2.45, 2.75) is 84.3 Å². The van der Waals surface area contributed by atoms with Crippen molar-refractivity contribution in [3.8, 4) is 0 Å². The summed E-state index contributed by atoms with van der Waals surface area (Å²) in [5.74, 6) is 0. The quantitative estimate of drug-likeness (QED) is 0.718. The lowest BCUT2D eigenvalue weighted by Crippen LogP contribution is -2.12. The van der Waals surface area contributed by atoms with Crippen LogP contribution in [0, 0.1) is 6.92 Å². The fourth-order valence-corrected chi connectivity index (χ4v) is 3.30. The van der Waals surface area contributed by atoms with Gasteiger partial charge in [0.2, 0.25) is 0 Å². The van der Waals surface area contributed by atoms with Gasteiger partial charge in [0.25, 0.3) is 0 Å². The van der Waals surface area contributed by atoms with E-state index in [-0.39, 0.29) is 6.10 Å². The van der Waals surface area contributed by atoms with Gasteiger partial charge in [0.15, 0.2) is 0 Å². The maximum Gasteiger partial charge on any atom is 0.0807 e. The number of aliphatic hydroxyl groups excluding tert-OH is 1. The van der Waals surface area contributed by atoms with Crippen molar-refractivity contribution in [1.82, 2.24) is 4.57 Å². The molecule has 1 aliphatic carbocycles. The van der Waals surface area contributed by atoms with Crippen molar-refractivity contribution >= 4 is 0 Å². The van der Waals surface area contributed by atoms with Gasteiger partial charge in [-0.15, -0.1) is 0 Å². The van der Waals surface area contributed by atoms with Crippen LogP contribution in [0.25, 0.3) is 0 Å². The number of nitrogens with zero attached hydrogens (tertiary/aromatic N) is 1. The predicted molar refractivity (Wildman–Crippen MR) is 80.4 cm³/mol. The number of aromatic nitrogens is 1. The van der Waals surface area contributed by atoms with Gasteiger partial charge in [-0.25, -0.2) is 0 Å². The maximum absolute atomic E-state index is 10.1.